The molecule has 3 rings (SSSR count). The molecule has 25 heavy (non-hydrogen) atoms. The van der Waals surface area contributed by atoms with Crippen LogP contribution in [0.25, 0.3) is 0 Å². The van der Waals surface area contributed by atoms with Gasteiger partial charge in [0.05, 0.1) is 0 Å². The van der Waals surface area contributed by atoms with Crippen LogP contribution in [0.15, 0.2) is 91.0 Å². The second-order valence-electron chi connectivity index (χ2n) is 3.56. The fourth-order valence-electron chi connectivity index (χ4n) is 1.03. The fraction of sp³-hybridized carbons (Fsp3) is 0. The molecule has 2 N–H and O–H groups in total. The van der Waals surface area contributed by atoms with Crippen LogP contribution in [0.2, 0.25) is 0 Å². The SMILES string of the molecule is O=[PH](O)O.[Cl][Pt][Cl].[c-]1ccccc1.[c-]1ccccc1.[c-]1ccccc1. The van der Waals surface area contributed by atoms with Crippen LogP contribution < -0.4 is 0 Å². The van der Waals surface area contributed by atoms with Crippen LogP contribution in [0.1, 0.15) is 0 Å². The number of benzene rings is 3. The van der Waals surface area contributed by atoms with Crippen molar-refractivity contribution in [2.75, 3.05) is 0 Å². The quantitative estimate of drug-likeness (QED) is 0.285. The minimum absolute atomic E-state index is 0.472. The minimum atomic E-state index is -3.13. The Morgan fingerprint density at radius 3 is 0.800 bits per heavy atom. The Hall–Kier alpha value is -0.922. The second-order valence-corrected chi connectivity index (χ2v) is 7.41. The first-order valence-electron chi connectivity index (χ1n) is 6.62. The summed E-state index contributed by atoms with van der Waals surface area (Å²) in [4.78, 5) is 14.3. The van der Waals surface area contributed by atoms with Gasteiger partial charge in [0.25, 0.3) is 0 Å². The second kappa shape index (κ2) is 25.3. The minimum Gasteiger partial charge on any atom is -0.184 e. The third kappa shape index (κ3) is 35.2. The number of halogens is 2. The molecule has 0 amide bonds. The van der Waals surface area contributed by atoms with Crippen LogP contribution >= 0.6 is 27.1 Å². The van der Waals surface area contributed by atoms with E-state index < -0.39 is 24.7 Å². The van der Waals surface area contributed by atoms with Crippen molar-refractivity contribution in [3.05, 3.63) is 109 Å². The van der Waals surface area contributed by atoms with Gasteiger partial charge in [0, 0.05) is 0 Å². The van der Waals surface area contributed by atoms with E-state index in [0.717, 1.165) is 0 Å². The largest absolute Gasteiger partial charge is 0.184 e. The Bertz CT molecular complexity index is 417. The smallest absolute Gasteiger partial charge is 0.171 e. The molecule has 3 aromatic carbocycles. The topological polar surface area (TPSA) is 57.5 Å². The van der Waals surface area contributed by atoms with Crippen LogP contribution in [0, 0.1) is 18.2 Å². The Labute approximate surface area is 166 Å². The van der Waals surface area contributed by atoms with E-state index in [4.69, 9.17) is 33.2 Å². The number of hydrogen-bond acceptors (Lipinski definition) is 1. The van der Waals surface area contributed by atoms with E-state index in [1.165, 1.54) is 0 Å². The van der Waals surface area contributed by atoms with Crippen molar-refractivity contribution < 1.29 is 30.8 Å². The molecule has 3 nitrogen and oxygen atoms in total. The molecule has 0 spiro atoms. The molecule has 0 heterocycles. The van der Waals surface area contributed by atoms with Gasteiger partial charge in [-0.05, 0) is 0 Å². The van der Waals surface area contributed by atoms with Crippen LogP contribution in [-0.2, 0) is 21.0 Å². The Balaban J connectivity index is 0. The zero-order valence-corrected chi connectivity index (χ0v) is 17.8. The standard InChI is InChI=1S/3C6H5.2ClH.H3O3P.Pt/c3*1-2-4-6-5-3-1;;;1-4(2)3;/h3*1-5H;2*1H;4H,(H2,1,2,3);/q3*-1;;;;+2/p-2. The molecule has 0 aliphatic heterocycles. The van der Waals surface area contributed by atoms with Crippen molar-refractivity contribution in [2.45, 2.75) is 0 Å². The van der Waals surface area contributed by atoms with Crippen molar-refractivity contribution in [3.8, 4) is 0 Å². The summed E-state index contributed by atoms with van der Waals surface area (Å²) in [6.07, 6.45) is 0. The maximum Gasteiger partial charge on any atom is -0.171 e. The van der Waals surface area contributed by atoms with Gasteiger partial charge in [-0.3, -0.25) is 4.57 Å². The summed E-state index contributed by atoms with van der Waals surface area (Å²) >= 11 is -0.472. The molecule has 0 aromatic heterocycles. The van der Waals surface area contributed by atoms with E-state index in [1.54, 1.807) is 0 Å². The van der Waals surface area contributed by atoms with Crippen molar-refractivity contribution in [3.63, 3.8) is 0 Å². The van der Waals surface area contributed by atoms with E-state index >= 15 is 0 Å². The summed E-state index contributed by atoms with van der Waals surface area (Å²) in [6.45, 7) is 0. The van der Waals surface area contributed by atoms with Gasteiger partial charge in [-0.15, -0.1) is 0 Å². The average Bonchev–Trinajstić information content (AvgIpc) is 2.67. The molecular formula is C18H18Cl2O3PPt-3. The molecule has 0 radical (unpaired) electrons. The molecule has 3 aromatic rings. The molecule has 0 unspecified atom stereocenters. The molecule has 0 bridgehead atoms. The van der Waals surface area contributed by atoms with E-state index in [0.29, 0.717) is 0 Å². The summed E-state index contributed by atoms with van der Waals surface area (Å²) in [6, 6.07) is 37.5. The Morgan fingerprint density at radius 2 is 0.760 bits per heavy atom. The van der Waals surface area contributed by atoms with Crippen LogP contribution in [0.3, 0.4) is 0 Å². The summed E-state index contributed by atoms with van der Waals surface area (Å²) in [5, 5.41) is 0. The van der Waals surface area contributed by atoms with Crippen molar-refractivity contribution in [1.82, 2.24) is 0 Å². The molecule has 0 saturated heterocycles. The average molecular weight is 579 g/mol. The van der Waals surface area contributed by atoms with Crippen LogP contribution in [-0.4, -0.2) is 9.79 Å². The van der Waals surface area contributed by atoms with Gasteiger partial charge in [-0.1, -0.05) is 0 Å². The van der Waals surface area contributed by atoms with Gasteiger partial charge in [0.1, 0.15) is 0 Å². The summed E-state index contributed by atoms with van der Waals surface area (Å²) in [7, 11) is 6.62. The fourth-order valence-corrected chi connectivity index (χ4v) is 1.03. The van der Waals surface area contributed by atoms with Gasteiger partial charge in [0.2, 0.25) is 0 Å². The van der Waals surface area contributed by atoms with Crippen molar-refractivity contribution in [1.29, 1.82) is 0 Å². The van der Waals surface area contributed by atoms with E-state index in [1.807, 2.05) is 91.0 Å². The zero-order chi connectivity index (χ0) is 19.0. The third-order valence-corrected chi connectivity index (χ3v) is 1.82. The first-order valence-corrected chi connectivity index (χ1v) is 13.6. The van der Waals surface area contributed by atoms with Crippen molar-refractivity contribution in [2.24, 2.45) is 0 Å². The first-order chi connectivity index (χ1) is 12.1. The summed E-state index contributed by atoms with van der Waals surface area (Å²) in [5.41, 5.74) is 0. The zero-order valence-electron chi connectivity index (χ0n) is 13.0. The Morgan fingerprint density at radius 1 is 0.600 bits per heavy atom. The molecule has 140 valence electrons. The van der Waals surface area contributed by atoms with Crippen LogP contribution in [0.4, 0.5) is 0 Å². The van der Waals surface area contributed by atoms with Crippen molar-refractivity contribution >= 4 is 27.1 Å². The summed E-state index contributed by atoms with van der Waals surface area (Å²) in [5.74, 6) is 0. The monoisotopic (exact) mass is 578 g/mol. The molecule has 0 atom stereocenters. The molecule has 7 heteroatoms. The molecule has 0 aliphatic carbocycles. The predicted octanol–water partition coefficient (Wildman–Crippen LogP) is 5.20. The van der Waals surface area contributed by atoms with Gasteiger partial charge < -0.3 is 9.79 Å². The summed E-state index contributed by atoms with van der Waals surface area (Å²) < 4.78 is 8.74. The van der Waals surface area contributed by atoms with Gasteiger partial charge in [-0.25, -0.2) is 0 Å². The first kappa shape index (κ1) is 26.3. The molecule has 0 aliphatic rings. The third-order valence-electron chi connectivity index (χ3n) is 1.82. The van der Waals surface area contributed by atoms with E-state index in [9.17, 15) is 0 Å². The van der Waals surface area contributed by atoms with Crippen LogP contribution in [0.5, 0.6) is 0 Å². The van der Waals surface area contributed by atoms with Gasteiger partial charge in [0.15, 0.2) is 0 Å². The normalized spacial score (nSPS) is 8.04. The molecular weight excluding hydrogens is 561 g/mol. The molecule has 0 fully saturated rings. The van der Waals surface area contributed by atoms with Gasteiger partial charge in [-0.2, -0.15) is 109 Å². The van der Waals surface area contributed by atoms with Gasteiger partial charge >= 0.3 is 43.6 Å². The van der Waals surface area contributed by atoms with E-state index in [-0.39, 0.29) is 0 Å². The number of rotatable bonds is 0. The Kier molecular flexibility index (Phi) is 26.6. The molecule has 0 saturated carbocycles. The maximum absolute atomic E-state index is 8.74. The number of hydrogen-bond donors (Lipinski definition) is 2. The van der Waals surface area contributed by atoms with E-state index in [2.05, 4.69) is 18.2 Å². The maximum atomic E-state index is 8.74. The predicted molar refractivity (Wildman–Crippen MR) is 101 cm³/mol.